The van der Waals surface area contributed by atoms with E-state index in [9.17, 15) is 9.59 Å². The first-order chi connectivity index (χ1) is 11.6. The molecule has 0 radical (unpaired) electrons. The molecule has 5 heteroatoms. The number of nitrogens with zero attached hydrogens (tertiary/aromatic N) is 1. The summed E-state index contributed by atoms with van der Waals surface area (Å²) in [6.07, 6.45) is 0.784. The number of amides is 1. The van der Waals surface area contributed by atoms with Crippen molar-refractivity contribution in [3.05, 3.63) is 80.7 Å². The van der Waals surface area contributed by atoms with Gasteiger partial charge in [0.2, 0.25) is 0 Å². The summed E-state index contributed by atoms with van der Waals surface area (Å²) >= 11 is 6.04. The molecule has 0 aliphatic carbocycles. The number of hydrogen-bond donors (Lipinski definition) is 0. The first-order valence-electron chi connectivity index (χ1n) is 7.72. The van der Waals surface area contributed by atoms with Gasteiger partial charge in [0.25, 0.3) is 5.91 Å². The van der Waals surface area contributed by atoms with E-state index in [0.717, 1.165) is 12.0 Å². The molecule has 4 rings (SSSR count). The Morgan fingerprint density at radius 2 is 1.88 bits per heavy atom. The number of para-hydroxylation sites is 1. The second kappa shape index (κ2) is 5.80. The molecule has 0 saturated heterocycles. The molecule has 1 amide bonds. The van der Waals surface area contributed by atoms with Crippen LogP contribution < -0.4 is 5.63 Å². The minimum absolute atomic E-state index is 0.0455. The first-order valence-corrected chi connectivity index (χ1v) is 8.10. The highest BCUT2D eigenvalue weighted by Gasteiger charge is 2.24. The van der Waals surface area contributed by atoms with E-state index >= 15 is 0 Å². The van der Waals surface area contributed by atoms with Gasteiger partial charge in [-0.2, -0.15) is 0 Å². The molecule has 1 aliphatic rings. The molecule has 2 heterocycles. The summed E-state index contributed by atoms with van der Waals surface area (Å²) in [5.74, 6) is -0.305. The van der Waals surface area contributed by atoms with Gasteiger partial charge in [-0.1, -0.05) is 48.0 Å². The number of rotatable bonds is 1. The Hall–Kier alpha value is -2.59. The van der Waals surface area contributed by atoms with Crippen molar-refractivity contribution >= 4 is 28.5 Å². The maximum Gasteiger partial charge on any atom is 0.349 e. The highest BCUT2D eigenvalue weighted by Crippen LogP contribution is 2.24. The van der Waals surface area contributed by atoms with Crippen LogP contribution in [0.4, 0.5) is 0 Å². The molecule has 120 valence electrons. The molecular weight excluding hydrogens is 326 g/mol. The van der Waals surface area contributed by atoms with Gasteiger partial charge in [-0.25, -0.2) is 4.79 Å². The van der Waals surface area contributed by atoms with Gasteiger partial charge < -0.3 is 9.32 Å². The zero-order valence-electron chi connectivity index (χ0n) is 12.8. The average Bonchev–Trinajstić information content (AvgIpc) is 2.61. The molecule has 2 aromatic carbocycles. The van der Waals surface area contributed by atoms with Crippen molar-refractivity contribution in [2.75, 3.05) is 6.54 Å². The number of carbonyl (C=O) groups is 1. The fraction of sp³-hybridized carbons (Fsp3) is 0.158. The van der Waals surface area contributed by atoms with Crippen LogP contribution >= 0.6 is 11.6 Å². The lowest BCUT2D eigenvalue weighted by atomic mass is 9.99. The highest BCUT2D eigenvalue weighted by atomic mass is 35.5. The van der Waals surface area contributed by atoms with Gasteiger partial charge >= 0.3 is 5.63 Å². The van der Waals surface area contributed by atoms with Crippen molar-refractivity contribution < 1.29 is 9.21 Å². The summed E-state index contributed by atoms with van der Waals surface area (Å²) in [5, 5.41) is 0.998. The molecule has 0 saturated carbocycles. The molecule has 1 aromatic heterocycles. The Bertz CT molecular complexity index is 1010. The van der Waals surface area contributed by atoms with Crippen molar-refractivity contribution in [2.45, 2.75) is 13.0 Å². The molecule has 0 unspecified atom stereocenters. The second-order valence-corrected chi connectivity index (χ2v) is 6.26. The topological polar surface area (TPSA) is 50.5 Å². The molecular formula is C19H14ClNO3. The van der Waals surface area contributed by atoms with Gasteiger partial charge in [-0.05, 0) is 29.7 Å². The van der Waals surface area contributed by atoms with Crippen LogP contribution in [0.3, 0.4) is 0 Å². The van der Waals surface area contributed by atoms with E-state index in [2.05, 4.69) is 6.07 Å². The first kappa shape index (κ1) is 15.0. The Balaban J connectivity index is 1.72. The quantitative estimate of drug-likeness (QED) is 0.636. The minimum atomic E-state index is -0.653. The predicted molar refractivity (Wildman–Crippen MR) is 92.4 cm³/mol. The molecule has 0 spiro atoms. The summed E-state index contributed by atoms with van der Waals surface area (Å²) in [6, 6.07) is 14.8. The van der Waals surface area contributed by atoms with Crippen LogP contribution in [-0.4, -0.2) is 17.4 Å². The van der Waals surface area contributed by atoms with E-state index in [-0.39, 0.29) is 11.5 Å². The van der Waals surface area contributed by atoms with Crippen molar-refractivity contribution in [2.24, 2.45) is 0 Å². The lowest BCUT2D eigenvalue weighted by Gasteiger charge is -2.28. The molecule has 4 nitrogen and oxygen atoms in total. The van der Waals surface area contributed by atoms with Gasteiger partial charge in [0.15, 0.2) is 5.58 Å². The van der Waals surface area contributed by atoms with Crippen LogP contribution in [0.15, 0.2) is 57.7 Å². The lowest BCUT2D eigenvalue weighted by molar-refractivity contribution is 0.0730. The number of hydrogen-bond acceptors (Lipinski definition) is 3. The largest absolute Gasteiger partial charge is 0.421 e. The van der Waals surface area contributed by atoms with Crippen LogP contribution in [0.1, 0.15) is 21.5 Å². The SMILES string of the molecule is O=C(c1cc2cccc(Cl)c2oc1=O)N1CCc2ccccc2C1. The summed E-state index contributed by atoms with van der Waals surface area (Å²) in [4.78, 5) is 26.7. The maximum atomic E-state index is 12.8. The highest BCUT2D eigenvalue weighted by molar-refractivity contribution is 6.34. The third-order valence-corrected chi connectivity index (χ3v) is 4.66. The number of fused-ring (bicyclic) bond motifs is 2. The van der Waals surface area contributed by atoms with Crippen molar-refractivity contribution in [1.82, 2.24) is 4.90 Å². The Morgan fingerprint density at radius 3 is 2.71 bits per heavy atom. The molecule has 3 aromatic rings. The standard InChI is InChI=1S/C19H14ClNO3/c20-16-7-3-6-13-10-15(19(23)24-17(13)16)18(22)21-9-8-12-4-1-2-5-14(12)11-21/h1-7,10H,8-9,11H2. The van der Waals surface area contributed by atoms with E-state index in [1.807, 2.05) is 18.2 Å². The Morgan fingerprint density at radius 1 is 1.08 bits per heavy atom. The van der Waals surface area contributed by atoms with Crippen molar-refractivity contribution in [1.29, 1.82) is 0 Å². The summed E-state index contributed by atoms with van der Waals surface area (Å²) in [6.45, 7) is 1.09. The van der Waals surface area contributed by atoms with E-state index in [1.54, 1.807) is 29.2 Å². The van der Waals surface area contributed by atoms with Crippen LogP contribution in [0, 0.1) is 0 Å². The van der Waals surface area contributed by atoms with Crippen molar-refractivity contribution in [3.8, 4) is 0 Å². The number of benzene rings is 2. The smallest absolute Gasteiger partial charge is 0.349 e. The minimum Gasteiger partial charge on any atom is -0.421 e. The summed E-state index contributed by atoms with van der Waals surface area (Å²) < 4.78 is 5.27. The van der Waals surface area contributed by atoms with Gasteiger partial charge in [0, 0.05) is 18.5 Å². The van der Waals surface area contributed by atoms with Gasteiger partial charge in [0.05, 0.1) is 5.02 Å². The molecule has 0 atom stereocenters. The van der Waals surface area contributed by atoms with Crippen LogP contribution in [-0.2, 0) is 13.0 Å². The predicted octanol–water partition coefficient (Wildman–Crippen LogP) is 3.64. The zero-order valence-corrected chi connectivity index (χ0v) is 13.5. The number of halogens is 1. The molecule has 0 bridgehead atoms. The van der Waals surface area contributed by atoms with E-state index < -0.39 is 5.63 Å². The third-order valence-electron chi connectivity index (χ3n) is 4.36. The average molecular weight is 340 g/mol. The molecule has 0 fully saturated rings. The van der Waals surface area contributed by atoms with Crippen LogP contribution in [0.2, 0.25) is 5.02 Å². The molecule has 24 heavy (non-hydrogen) atoms. The van der Waals surface area contributed by atoms with Gasteiger partial charge in [-0.3, -0.25) is 4.79 Å². The van der Waals surface area contributed by atoms with E-state index in [1.165, 1.54) is 5.56 Å². The van der Waals surface area contributed by atoms with Crippen LogP contribution in [0.25, 0.3) is 11.0 Å². The van der Waals surface area contributed by atoms with Gasteiger partial charge in [-0.15, -0.1) is 0 Å². The van der Waals surface area contributed by atoms with Gasteiger partial charge in [0.1, 0.15) is 5.56 Å². The maximum absolute atomic E-state index is 12.8. The lowest BCUT2D eigenvalue weighted by Crippen LogP contribution is -2.38. The van der Waals surface area contributed by atoms with Crippen LogP contribution in [0.5, 0.6) is 0 Å². The Labute approximate surface area is 143 Å². The third kappa shape index (κ3) is 2.49. The second-order valence-electron chi connectivity index (χ2n) is 5.85. The zero-order chi connectivity index (χ0) is 16.7. The Kier molecular flexibility index (Phi) is 3.62. The van der Waals surface area contributed by atoms with Crippen molar-refractivity contribution in [3.63, 3.8) is 0 Å². The summed E-state index contributed by atoms with van der Waals surface area (Å²) in [7, 11) is 0. The molecule has 1 aliphatic heterocycles. The summed E-state index contributed by atoms with van der Waals surface area (Å²) in [5.41, 5.74) is 2.07. The normalized spacial score (nSPS) is 13.8. The number of carbonyl (C=O) groups excluding carboxylic acids is 1. The van der Waals surface area contributed by atoms with E-state index in [0.29, 0.717) is 29.1 Å². The fourth-order valence-corrected chi connectivity index (χ4v) is 3.32. The monoisotopic (exact) mass is 339 g/mol. The van der Waals surface area contributed by atoms with E-state index in [4.69, 9.17) is 16.0 Å². The molecule has 0 N–H and O–H groups in total. The fourth-order valence-electron chi connectivity index (χ4n) is 3.10.